The van der Waals surface area contributed by atoms with Crippen molar-refractivity contribution >= 4 is 0 Å². The molecule has 2 rings (SSSR count). The Hall–Kier alpha value is -2.20. The molecule has 0 aliphatic carbocycles. The summed E-state index contributed by atoms with van der Waals surface area (Å²) in [5.41, 5.74) is 4.51. The Kier molecular flexibility index (Phi) is 6.32. The molecule has 0 aliphatic heterocycles. The van der Waals surface area contributed by atoms with Gasteiger partial charge in [0.1, 0.15) is 5.75 Å². The average Bonchev–Trinajstić information content (AvgIpc) is 2.56. The zero-order valence-corrected chi connectivity index (χ0v) is 16.1. The normalized spacial score (nSPS) is 11.2. The molecule has 25 heavy (non-hydrogen) atoms. The van der Waals surface area contributed by atoms with Gasteiger partial charge in [-0.1, -0.05) is 26.0 Å². The summed E-state index contributed by atoms with van der Waals surface area (Å²) in [6, 6.07) is 9.94. The molecule has 0 unspecified atom stereocenters. The van der Waals surface area contributed by atoms with Crippen LogP contribution in [0.2, 0.25) is 0 Å². The summed E-state index contributed by atoms with van der Waals surface area (Å²) in [4.78, 5) is 2.18. The van der Waals surface area contributed by atoms with E-state index in [0.29, 0.717) is 18.2 Å². The Morgan fingerprint density at radius 2 is 1.68 bits per heavy atom. The van der Waals surface area contributed by atoms with Crippen LogP contribution < -0.4 is 9.47 Å². The number of phenols is 1. The minimum absolute atomic E-state index is 0.362. The van der Waals surface area contributed by atoms with Crippen LogP contribution in [0.1, 0.15) is 42.0 Å². The summed E-state index contributed by atoms with van der Waals surface area (Å²) < 4.78 is 10.7. The van der Waals surface area contributed by atoms with Gasteiger partial charge in [-0.25, -0.2) is 0 Å². The number of aryl methyl sites for hydroxylation is 1. The van der Waals surface area contributed by atoms with Gasteiger partial charge in [0, 0.05) is 18.7 Å². The molecule has 0 bridgehead atoms. The SMILES string of the molecule is COc1ccc(CN(C)Cc2cc(C(C)C)c(C)cc2O)cc1OC. The minimum Gasteiger partial charge on any atom is -0.508 e. The second-order valence-corrected chi connectivity index (χ2v) is 6.85. The zero-order chi connectivity index (χ0) is 18.6. The van der Waals surface area contributed by atoms with Gasteiger partial charge >= 0.3 is 0 Å². The van der Waals surface area contributed by atoms with Gasteiger partial charge in [-0.15, -0.1) is 0 Å². The number of methoxy groups -OCH3 is 2. The van der Waals surface area contributed by atoms with E-state index < -0.39 is 0 Å². The summed E-state index contributed by atoms with van der Waals surface area (Å²) >= 11 is 0. The van der Waals surface area contributed by atoms with Crippen molar-refractivity contribution in [2.75, 3.05) is 21.3 Å². The molecule has 0 saturated carbocycles. The molecular formula is C21H29NO3. The molecule has 0 spiro atoms. The van der Waals surface area contributed by atoms with Crippen molar-refractivity contribution in [3.8, 4) is 17.2 Å². The van der Waals surface area contributed by atoms with Crippen LogP contribution in [0.3, 0.4) is 0 Å². The van der Waals surface area contributed by atoms with Crippen LogP contribution in [-0.2, 0) is 13.1 Å². The Labute approximate surface area is 151 Å². The molecule has 2 aromatic rings. The van der Waals surface area contributed by atoms with E-state index in [1.807, 2.05) is 38.2 Å². The summed E-state index contributed by atoms with van der Waals surface area (Å²) in [5, 5.41) is 10.3. The molecule has 0 atom stereocenters. The van der Waals surface area contributed by atoms with Crippen LogP contribution in [0.25, 0.3) is 0 Å². The third-order valence-corrected chi connectivity index (χ3v) is 4.43. The molecule has 136 valence electrons. The monoisotopic (exact) mass is 343 g/mol. The molecule has 4 nitrogen and oxygen atoms in total. The Morgan fingerprint density at radius 3 is 2.28 bits per heavy atom. The first-order valence-electron chi connectivity index (χ1n) is 8.57. The number of ether oxygens (including phenoxy) is 2. The maximum absolute atomic E-state index is 10.3. The number of hydrogen-bond acceptors (Lipinski definition) is 4. The third kappa shape index (κ3) is 4.67. The number of phenolic OH excluding ortho intramolecular Hbond substituents is 1. The van der Waals surface area contributed by atoms with Gasteiger partial charge in [-0.05, 0) is 54.8 Å². The lowest BCUT2D eigenvalue weighted by atomic mass is 9.95. The van der Waals surface area contributed by atoms with Crippen LogP contribution in [0.5, 0.6) is 17.2 Å². The Morgan fingerprint density at radius 1 is 1.00 bits per heavy atom. The van der Waals surface area contributed by atoms with Gasteiger partial charge < -0.3 is 14.6 Å². The lowest BCUT2D eigenvalue weighted by Crippen LogP contribution is -2.17. The zero-order valence-electron chi connectivity index (χ0n) is 16.1. The molecule has 0 heterocycles. The number of aromatic hydroxyl groups is 1. The lowest BCUT2D eigenvalue weighted by molar-refractivity contribution is 0.310. The molecular weight excluding hydrogens is 314 g/mol. The number of nitrogens with zero attached hydrogens (tertiary/aromatic N) is 1. The highest BCUT2D eigenvalue weighted by Gasteiger charge is 2.12. The molecule has 0 saturated heterocycles. The molecule has 2 aromatic carbocycles. The van der Waals surface area contributed by atoms with Gasteiger partial charge in [0.05, 0.1) is 14.2 Å². The van der Waals surface area contributed by atoms with Crippen LogP contribution in [0.15, 0.2) is 30.3 Å². The van der Waals surface area contributed by atoms with E-state index in [2.05, 4.69) is 24.8 Å². The number of rotatable bonds is 7. The third-order valence-electron chi connectivity index (χ3n) is 4.43. The van der Waals surface area contributed by atoms with E-state index in [1.165, 1.54) is 5.56 Å². The van der Waals surface area contributed by atoms with Crippen LogP contribution in [0, 0.1) is 6.92 Å². The first-order chi connectivity index (χ1) is 11.8. The molecule has 0 aliphatic rings. The highest BCUT2D eigenvalue weighted by Crippen LogP contribution is 2.30. The van der Waals surface area contributed by atoms with Crippen LogP contribution in [-0.4, -0.2) is 31.3 Å². The van der Waals surface area contributed by atoms with Crippen molar-refractivity contribution in [3.05, 3.63) is 52.6 Å². The van der Waals surface area contributed by atoms with E-state index in [9.17, 15) is 5.11 Å². The van der Waals surface area contributed by atoms with Crippen LogP contribution in [0.4, 0.5) is 0 Å². The quantitative estimate of drug-likeness (QED) is 0.805. The summed E-state index contributed by atoms with van der Waals surface area (Å²) in [6.07, 6.45) is 0. The predicted octanol–water partition coefficient (Wildman–Crippen LogP) is 4.47. The molecule has 4 heteroatoms. The first kappa shape index (κ1) is 19.1. The summed E-state index contributed by atoms with van der Waals surface area (Å²) in [5.74, 6) is 2.26. The molecule has 0 fully saturated rings. The predicted molar refractivity (Wildman–Crippen MR) is 102 cm³/mol. The first-order valence-corrected chi connectivity index (χ1v) is 8.57. The smallest absolute Gasteiger partial charge is 0.161 e. The minimum atomic E-state index is 0.362. The maximum Gasteiger partial charge on any atom is 0.161 e. The molecule has 1 N–H and O–H groups in total. The fraction of sp³-hybridized carbons (Fsp3) is 0.429. The number of benzene rings is 2. The fourth-order valence-electron chi connectivity index (χ4n) is 3.14. The van der Waals surface area contributed by atoms with Gasteiger partial charge in [-0.3, -0.25) is 4.90 Å². The van der Waals surface area contributed by atoms with Crippen molar-refractivity contribution in [2.45, 2.75) is 39.8 Å². The van der Waals surface area contributed by atoms with Crippen molar-refractivity contribution in [1.29, 1.82) is 0 Å². The van der Waals surface area contributed by atoms with Crippen molar-refractivity contribution in [2.24, 2.45) is 0 Å². The standard InChI is InChI=1S/C21H29NO3/c1-14(2)18-11-17(19(23)9-15(18)3)13-22(4)12-16-7-8-20(24-5)21(10-16)25-6/h7-11,14,23H,12-13H2,1-6H3. The van der Waals surface area contributed by atoms with Gasteiger partial charge in [0.15, 0.2) is 11.5 Å². The van der Waals surface area contributed by atoms with E-state index in [0.717, 1.165) is 34.7 Å². The molecule has 0 amide bonds. The fourth-order valence-corrected chi connectivity index (χ4v) is 3.14. The molecule has 0 aromatic heterocycles. The summed E-state index contributed by atoms with van der Waals surface area (Å²) in [7, 11) is 5.32. The van der Waals surface area contributed by atoms with Crippen molar-refractivity contribution in [3.63, 3.8) is 0 Å². The maximum atomic E-state index is 10.3. The van der Waals surface area contributed by atoms with Crippen molar-refractivity contribution < 1.29 is 14.6 Å². The largest absolute Gasteiger partial charge is 0.508 e. The number of hydrogen-bond donors (Lipinski definition) is 1. The van der Waals surface area contributed by atoms with Crippen molar-refractivity contribution in [1.82, 2.24) is 4.90 Å². The van der Waals surface area contributed by atoms with Gasteiger partial charge in [0.2, 0.25) is 0 Å². The van der Waals surface area contributed by atoms with E-state index >= 15 is 0 Å². The topological polar surface area (TPSA) is 41.9 Å². The highest BCUT2D eigenvalue weighted by molar-refractivity contribution is 5.44. The lowest BCUT2D eigenvalue weighted by Gasteiger charge is -2.20. The van der Waals surface area contributed by atoms with E-state index in [1.54, 1.807) is 14.2 Å². The van der Waals surface area contributed by atoms with E-state index in [4.69, 9.17) is 9.47 Å². The Bertz CT molecular complexity index is 725. The Balaban J connectivity index is 2.15. The highest BCUT2D eigenvalue weighted by atomic mass is 16.5. The van der Waals surface area contributed by atoms with Gasteiger partial charge in [-0.2, -0.15) is 0 Å². The van der Waals surface area contributed by atoms with Crippen LogP contribution >= 0.6 is 0 Å². The van der Waals surface area contributed by atoms with Gasteiger partial charge in [0.25, 0.3) is 0 Å². The second kappa shape index (κ2) is 8.26. The van der Waals surface area contributed by atoms with E-state index in [-0.39, 0.29) is 0 Å². The molecule has 0 radical (unpaired) electrons. The summed E-state index contributed by atoms with van der Waals surface area (Å²) in [6.45, 7) is 7.84. The second-order valence-electron chi connectivity index (χ2n) is 6.85. The average molecular weight is 343 g/mol.